The van der Waals surface area contributed by atoms with Crippen molar-refractivity contribution in [2.24, 2.45) is 7.05 Å². The molecular formula is C10H14N2O3. The smallest absolute Gasteiger partial charge is 0.326 e. The molecule has 1 heterocycles. The Labute approximate surface area is 87.7 Å². The summed E-state index contributed by atoms with van der Waals surface area (Å²) in [7, 11) is 1.73. The van der Waals surface area contributed by atoms with Crippen molar-refractivity contribution in [2.75, 3.05) is 0 Å². The number of carbonyl (C=O) groups excluding carboxylic acids is 1. The van der Waals surface area contributed by atoms with Gasteiger partial charge in [-0.05, 0) is 18.6 Å². The van der Waals surface area contributed by atoms with Crippen molar-refractivity contribution < 1.29 is 14.7 Å². The van der Waals surface area contributed by atoms with Crippen molar-refractivity contribution in [1.82, 2.24) is 9.88 Å². The third kappa shape index (κ3) is 2.59. The van der Waals surface area contributed by atoms with Crippen molar-refractivity contribution in [3.8, 4) is 0 Å². The van der Waals surface area contributed by atoms with E-state index in [0.29, 0.717) is 12.1 Å². The minimum absolute atomic E-state index is 0.364. The highest BCUT2D eigenvalue weighted by Gasteiger charge is 2.19. The van der Waals surface area contributed by atoms with Crippen molar-refractivity contribution in [1.29, 1.82) is 0 Å². The Kier molecular flexibility index (Phi) is 3.49. The van der Waals surface area contributed by atoms with Crippen LogP contribution in [-0.2, 0) is 11.8 Å². The van der Waals surface area contributed by atoms with Crippen LogP contribution in [0.25, 0.3) is 0 Å². The van der Waals surface area contributed by atoms with Gasteiger partial charge in [0.15, 0.2) is 0 Å². The first-order valence-corrected chi connectivity index (χ1v) is 4.71. The highest BCUT2D eigenvalue weighted by atomic mass is 16.4. The van der Waals surface area contributed by atoms with Crippen LogP contribution in [0.1, 0.15) is 23.8 Å². The number of aliphatic carboxylic acids is 1. The van der Waals surface area contributed by atoms with Crippen LogP contribution in [-0.4, -0.2) is 27.6 Å². The third-order valence-electron chi connectivity index (χ3n) is 2.19. The monoisotopic (exact) mass is 210 g/mol. The molecule has 15 heavy (non-hydrogen) atoms. The standard InChI is InChI=1S/C10H14N2O3/c1-3-7(10(14)15)11-9(13)8-5-4-6-12(8)2/h4-7H,3H2,1-2H3,(H,11,13)(H,14,15)/t7-/m1/s1. The van der Waals surface area contributed by atoms with E-state index in [4.69, 9.17) is 5.11 Å². The molecule has 5 nitrogen and oxygen atoms in total. The maximum Gasteiger partial charge on any atom is 0.326 e. The van der Waals surface area contributed by atoms with Gasteiger partial charge in [-0.1, -0.05) is 6.92 Å². The molecule has 0 saturated carbocycles. The van der Waals surface area contributed by atoms with E-state index in [1.165, 1.54) is 0 Å². The van der Waals surface area contributed by atoms with Crippen molar-refractivity contribution in [3.05, 3.63) is 24.0 Å². The summed E-state index contributed by atoms with van der Waals surface area (Å²) in [6.07, 6.45) is 2.10. The van der Waals surface area contributed by atoms with Crippen LogP contribution in [0, 0.1) is 0 Å². The molecule has 0 aliphatic rings. The second-order valence-corrected chi connectivity index (χ2v) is 3.28. The van der Waals surface area contributed by atoms with E-state index in [2.05, 4.69) is 5.32 Å². The molecule has 0 aliphatic heterocycles. The van der Waals surface area contributed by atoms with Gasteiger partial charge < -0.3 is 15.0 Å². The van der Waals surface area contributed by atoms with E-state index in [9.17, 15) is 9.59 Å². The van der Waals surface area contributed by atoms with E-state index >= 15 is 0 Å². The summed E-state index contributed by atoms with van der Waals surface area (Å²) in [5, 5.41) is 11.2. The highest BCUT2D eigenvalue weighted by Crippen LogP contribution is 2.01. The summed E-state index contributed by atoms with van der Waals surface area (Å²) in [6, 6.07) is 2.55. The van der Waals surface area contributed by atoms with Crippen LogP contribution in [0.3, 0.4) is 0 Å². The molecule has 1 amide bonds. The molecule has 1 aromatic rings. The van der Waals surface area contributed by atoms with Gasteiger partial charge in [-0.2, -0.15) is 0 Å². The average molecular weight is 210 g/mol. The summed E-state index contributed by atoms with van der Waals surface area (Å²) < 4.78 is 1.64. The molecular weight excluding hydrogens is 196 g/mol. The van der Waals surface area contributed by atoms with E-state index < -0.39 is 12.0 Å². The van der Waals surface area contributed by atoms with Crippen LogP contribution in [0.15, 0.2) is 18.3 Å². The van der Waals surface area contributed by atoms with Crippen LogP contribution < -0.4 is 5.32 Å². The summed E-state index contributed by atoms with van der Waals surface area (Å²) in [5.74, 6) is -1.38. The maximum absolute atomic E-state index is 11.6. The Morgan fingerprint density at radius 1 is 1.60 bits per heavy atom. The number of nitrogens with zero attached hydrogens (tertiary/aromatic N) is 1. The molecule has 82 valence electrons. The predicted molar refractivity (Wildman–Crippen MR) is 54.6 cm³/mol. The molecule has 2 N–H and O–H groups in total. The molecule has 0 saturated heterocycles. The lowest BCUT2D eigenvalue weighted by Gasteiger charge is -2.12. The molecule has 0 bridgehead atoms. The van der Waals surface area contributed by atoms with Crippen LogP contribution in [0.2, 0.25) is 0 Å². The Morgan fingerprint density at radius 2 is 2.27 bits per heavy atom. The zero-order valence-corrected chi connectivity index (χ0v) is 8.73. The lowest BCUT2D eigenvalue weighted by atomic mass is 10.2. The first-order valence-electron chi connectivity index (χ1n) is 4.71. The summed E-state index contributed by atoms with van der Waals surface area (Å²) >= 11 is 0. The van der Waals surface area contributed by atoms with Gasteiger partial charge in [-0.25, -0.2) is 4.79 Å². The molecule has 1 rings (SSSR count). The van der Waals surface area contributed by atoms with E-state index in [1.807, 2.05) is 0 Å². The molecule has 1 aromatic heterocycles. The van der Waals surface area contributed by atoms with Gasteiger partial charge in [0.2, 0.25) is 0 Å². The number of nitrogens with one attached hydrogen (secondary N) is 1. The Hall–Kier alpha value is -1.78. The topological polar surface area (TPSA) is 71.3 Å². The largest absolute Gasteiger partial charge is 0.480 e. The number of aromatic nitrogens is 1. The number of hydrogen-bond acceptors (Lipinski definition) is 2. The number of carboxylic acids is 1. The van der Waals surface area contributed by atoms with Crippen molar-refractivity contribution in [2.45, 2.75) is 19.4 Å². The predicted octanol–water partition coefficient (Wildman–Crippen LogP) is 0.618. The first kappa shape index (κ1) is 11.3. The third-order valence-corrected chi connectivity index (χ3v) is 2.19. The second-order valence-electron chi connectivity index (χ2n) is 3.28. The number of hydrogen-bond donors (Lipinski definition) is 2. The molecule has 5 heteroatoms. The van der Waals surface area contributed by atoms with Gasteiger partial charge in [-0.3, -0.25) is 4.79 Å². The zero-order chi connectivity index (χ0) is 11.4. The molecule has 0 radical (unpaired) electrons. The van der Waals surface area contributed by atoms with Gasteiger partial charge in [0, 0.05) is 13.2 Å². The SMILES string of the molecule is CC[C@@H](NC(=O)c1cccn1C)C(=O)O. The molecule has 0 spiro atoms. The minimum atomic E-state index is -1.01. The van der Waals surface area contributed by atoms with Gasteiger partial charge in [-0.15, -0.1) is 0 Å². The van der Waals surface area contributed by atoms with Gasteiger partial charge >= 0.3 is 5.97 Å². The minimum Gasteiger partial charge on any atom is -0.480 e. The van der Waals surface area contributed by atoms with Gasteiger partial charge in [0.05, 0.1) is 0 Å². The first-order chi connectivity index (χ1) is 7.06. The summed E-state index contributed by atoms with van der Waals surface area (Å²) in [5.41, 5.74) is 0.453. The Morgan fingerprint density at radius 3 is 2.67 bits per heavy atom. The van der Waals surface area contributed by atoms with E-state index in [0.717, 1.165) is 0 Å². The van der Waals surface area contributed by atoms with E-state index in [1.54, 1.807) is 36.9 Å². The fraction of sp³-hybridized carbons (Fsp3) is 0.400. The molecule has 0 unspecified atom stereocenters. The molecule has 0 fully saturated rings. The molecule has 1 atom stereocenters. The van der Waals surface area contributed by atoms with Gasteiger partial charge in [0.25, 0.3) is 5.91 Å². The summed E-state index contributed by atoms with van der Waals surface area (Å²) in [4.78, 5) is 22.3. The van der Waals surface area contributed by atoms with Crippen molar-refractivity contribution >= 4 is 11.9 Å². The number of carbonyl (C=O) groups is 2. The van der Waals surface area contributed by atoms with Crippen LogP contribution in [0.4, 0.5) is 0 Å². The fourth-order valence-electron chi connectivity index (χ4n) is 1.27. The lowest BCUT2D eigenvalue weighted by molar-refractivity contribution is -0.139. The number of carboxylic acid groups (broad SMARTS) is 1. The molecule has 0 aromatic carbocycles. The normalized spacial score (nSPS) is 12.1. The maximum atomic E-state index is 11.6. The quantitative estimate of drug-likeness (QED) is 0.765. The highest BCUT2D eigenvalue weighted by molar-refractivity contribution is 5.95. The molecule has 0 aliphatic carbocycles. The average Bonchev–Trinajstić information content (AvgIpc) is 2.60. The van der Waals surface area contributed by atoms with Crippen molar-refractivity contribution in [3.63, 3.8) is 0 Å². The Balaban J connectivity index is 2.71. The fourth-order valence-corrected chi connectivity index (χ4v) is 1.27. The zero-order valence-electron chi connectivity index (χ0n) is 8.73. The summed E-state index contributed by atoms with van der Waals surface area (Å²) in [6.45, 7) is 1.71. The van der Waals surface area contributed by atoms with E-state index in [-0.39, 0.29) is 5.91 Å². The number of rotatable bonds is 4. The van der Waals surface area contributed by atoms with Crippen LogP contribution in [0.5, 0.6) is 0 Å². The van der Waals surface area contributed by atoms with Crippen LogP contribution >= 0.6 is 0 Å². The lowest BCUT2D eigenvalue weighted by Crippen LogP contribution is -2.40. The number of aryl methyl sites for hydroxylation is 1. The second kappa shape index (κ2) is 4.63. The van der Waals surface area contributed by atoms with Gasteiger partial charge in [0.1, 0.15) is 11.7 Å². The number of amides is 1. The Bertz CT molecular complexity index is 370.